The van der Waals surface area contributed by atoms with Gasteiger partial charge in [0.25, 0.3) is 0 Å². The van der Waals surface area contributed by atoms with Crippen LogP contribution in [0.15, 0.2) is 70.3 Å². The second-order valence-electron chi connectivity index (χ2n) is 5.88. The molecular weight excluding hydrogens is 433 g/mol. The van der Waals surface area contributed by atoms with Gasteiger partial charge in [0.15, 0.2) is 4.96 Å². The summed E-state index contributed by atoms with van der Waals surface area (Å²) in [6, 6.07) is 15.6. The monoisotopic (exact) mass is 447 g/mol. The van der Waals surface area contributed by atoms with Crippen molar-refractivity contribution in [2.45, 2.75) is 17.4 Å². The molecule has 0 saturated carbocycles. The van der Waals surface area contributed by atoms with Crippen molar-refractivity contribution in [3.63, 3.8) is 0 Å². The molecule has 4 rings (SSSR count). The Morgan fingerprint density at radius 2 is 2.04 bits per heavy atom. The minimum atomic E-state index is 0.268. The maximum Gasteiger partial charge on any atom is 0.195 e. The molecule has 28 heavy (non-hydrogen) atoms. The van der Waals surface area contributed by atoms with Gasteiger partial charge in [-0.15, -0.1) is 11.3 Å². The molecule has 4 nitrogen and oxygen atoms in total. The molecule has 8 heteroatoms. The second kappa shape index (κ2) is 9.01. The first-order valence-electron chi connectivity index (χ1n) is 8.42. The molecule has 2 aromatic heterocycles. The first kappa shape index (κ1) is 19.3. The molecule has 2 aromatic carbocycles. The second-order valence-corrected chi connectivity index (χ2v) is 8.56. The topological polar surface area (TPSA) is 38.9 Å². The fourth-order valence-corrected chi connectivity index (χ4v) is 4.75. The Hall–Kier alpha value is -1.99. The van der Waals surface area contributed by atoms with Crippen molar-refractivity contribution in [1.82, 2.24) is 9.38 Å². The molecular formula is C20H15Cl2N3OS2. The summed E-state index contributed by atoms with van der Waals surface area (Å²) < 4.78 is 2.01. The Labute approximate surface area is 180 Å². The number of imidazole rings is 1. The third-order valence-electron chi connectivity index (χ3n) is 3.97. The summed E-state index contributed by atoms with van der Waals surface area (Å²) >= 11 is 15.4. The largest absolute Gasteiger partial charge is 0.391 e. The van der Waals surface area contributed by atoms with Crippen LogP contribution in [0.3, 0.4) is 0 Å². The van der Waals surface area contributed by atoms with Crippen molar-refractivity contribution in [3.8, 4) is 0 Å². The smallest absolute Gasteiger partial charge is 0.195 e. The van der Waals surface area contributed by atoms with E-state index >= 15 is 0 Å². The zero-order chi connectivity index (χ0) is 19.3. The Balaban J connectivity index is 1.47. The number of hydrogen-bond acceptors (Lipinski definition) is 5. The predicted molar refractivity (Wildman–Crippen MR) is 118 cm³/mol. The lowest BCUT2D eigenvalue weighted by atomic mass is 10.2. The van der Waals surface area contributed by atoms with Gasteiger partial charge >= 0.3 is 0 Å². The van der Waals surface area contributed by atoms with Crippen molar-refractivity contribution in [1.29, 1.82) is 0 Å². The van der Waals surface area contributed by atoms with Crippen LogP contribution in [0.25, 0.3) is 4.96 Å². The van der Waals surface area contributed by atoms with Crippen LogP contribution in [0.2, 0.25) is 10.0 Å². The highest BCUT2D eigenvalue weighted by atomic mass is 35.5. The first-order chi connectivity index (χ1) is 13.7. The number of halogens is 2. The van der Waals surface area contributed by atoms with E-state index in [4.69, 9.17) is 33.0 Å². The van der Waals surface area contributed by atoms with Crippen LogP contribution < -0.4 is 0 Å². The van der Waals surface area contributed by atoms with Gasteiger partial charge in [-0.1, -0.05) is 76.5 Å². The molecule has 0 unspecified atom stereocenters. The molecule has 0 fully saturated rings. The van der Waals surface area contributed by atoms with Gasteiger partial charge in [-0.2, -0.15) is 0 Å². The lowest BCUT2D eigenvalue weighted by Crippen LogP contribution is -1.93. The molecule has 2 heterocycles. The van der Waals surface area contributed by atoms with Gasteiger partial charge in [0.05, 0.1) is 6.21 Å². The number of nitrogens with zero attached hydrogens (tertiary/aromatic N) is 3. The molecule has 0 radical (unpaired) electrons. The maximum absolute atomic E-state index is 6.16. The molecule has 142 valence electrons. The van der Waals surface area contributed by atoms with E-state index in [1.54, 1.807) is 41.4 Å². The van der Waals surface area contributed by atoms with Gasteiger partial charge in [-0.25, -0.2) is 4.98 Å². The van der Waals surface area contributed by atoms with Gasteiger partial charge < -0.3 is 4.84 Å². The highest BCUT2D eigenvalue weighted by molar-refractivity contribution is 7.98. The molecule has 0 aliphatic heterocycles. The number of hydrogen-bond donors (Lipinski definition) is 0. The van der Waals surface area contributed by atoms with E-state index in [0.717, 1.165) is 27.0 Å². The quantitative estimate of drug-likeness (QED) is 0.183. The third kappa shape index (κ3) is 4.52. The van der Waals surface area contributed by atoms with E-state index in [2.05, 4.69) is 17.3 Å². The molecule has 0 amide bonds. The van der Waals surface area contributed by atoms with Crippen LogP contribution in [0, 0.1) is 0 Å². The van der Waals surface area contributed by atoms with Crippen molar-refractivity contribution in [2.24, 2.45) is 5.16 Å². The fraction of sp³-hybridized carbons (Fsp3) is 0.100. The highest BCUT2D eigenvalue weighted by Gasteiger charge is 2.12. The van der Waals surface area contributed by atoms with Crippen LogP contribution >= 0.6 is 46.3 Å². The van der Waals surface area contributed by atoms with Crippen LogP contribution in [-0.4, -0.2) is 15.6 Å². The Morgan fingerprint density at radius 3 is 2.86 bits per heavy atom. The zero-order valence-electron chi connectivity index (χ0n) is 14.6. The van der Waals surface area contributed by atoms with Crippen molar-refractivity contribution in [2.75, 3.05) is 0 Å². The number of benzene rings is 2. The Bertz CT molecular complexity index is 1110. The van der Waals surface area contributed by atoms with E-state index in [1.165, 1.54) is 5.56 Å². The first-order valence-corrected chi connectivity index (χ1v) is 11.0. The summed E-state index contributed by atoms with van der Waals surface area (Å²) in [4.78, 5) is 11.1. The summed E-state index contributed by atoms with van der Waals surface area (Å²) in [6.45, 7) is 0.268. The Kier molecular flexibility index (Phi) is 6.22. The van der Waals surface area contributed by atoms with Crippen LogP contribution in [-0.2, 0) is 17.2 Å². The number of fused-ring (bicyclic) bond motifs is 1. The van der Waals surface area contributed by atoms with Gasteiger partial charge in [-0.05, 0) is 17.7 Å². The van der Waals surface area contributed by atoms with E-state index in [0.29, 0.717) is 10.0 Å². The average molecular weight is 448 g/mol. The summed E-state index contributed by atoms with van der Waals surface area (Å²) in [7, 11) is 0. The summed E-state index contributed by atoms with van der Waals surface area (Å²) in [5.74, 6) is 0.841. The highest BCUT2D eigenvalue weighted by Crippen LogP contribution is 2.28. The number of aromatic nitrogens is 2. The van der Waals surface area contributed by atoms with E-state index in [-0.39, 0.29) is 6.61 Å². The molecule has 0 aliphatic carbocycles. The summed E-state index contributed by atoms with van der Waals surface area (Å²) in [5, 5.41) is 8.21. The summed E-state index contributed by atoms with van der Waals surface area (Å²) in [5.41, 5.74) is 2.98. The predicted octanol–water partition coefficient (Wildman–Crippen LogP) is 6.55. The van der Waals surface area contributed by atoms with Crippen LogP contribution in [0.4, 0.5) is 0 Å². The number of oxime groups is 1. The lowest BCUT2D eigenvalue weighted by Gasteiger charge is -2.03. The molecule has 0 spiro atoms. The lowest BCUT2D eigenvalue weighted by molar-refractivity contribution is 0.132. The molecule has 4 aromatic rings. The van der Waals surface area contributed by atoms with Crippen molar-refractivity contribution >= 4 is 57.5 Å². The van der Waals surface area contributed by atoms with Crippen LogP contribution in [0.5, 0.6) is 0 Å². The van der Waals surface area contributed by atoms with Gasteiger partial charge in [-0.3, -0.25) is 4.40 Å². The Morgan fingerprint density at radius 1 is 1.18 bits per heavy atom. The standard InChI is InChI=1S/C20H15Cl2N3OS2/c21-16-7-6-15(17(22)10-16)12-26-23-11-18-19(24-20-25(18)8-9-27-20)28-13-14-4-2-1-3-5-14/h1-11H,12-13H2/b23-11-. The molecule has 0 atom stereocenters. The minimum absolute atomic E-state index is 0.268. The fourth-order valence-electron chi connectivity index (χ4n) is 2.57. The van der Waals surface area contributed by atoms with Crippen LogP contribution in [0.1, 0.15) is 16.8 Å². The number of rotatable bonds is 7. The number of thioether (sulfide) groups is 1. The minimum Gasteiger partial charge on any atom is -0.391 e. The molecule has 0 N–H and O–H groups in total. The van der Waals surface area contributed by atoms with Gasteiger partial charge in [0, 0.05) is 32.9 Å². The maximum atomic E-state index is 6.16. The van der Waals surface area contributed by atoms with Gasteiger partial charge in [0.2, 0.25) is 0 Å². The third-order valence-corrected chi connectivity index (χ3v) is 6.36. The summed E-state index contributed by atoms with van der Waals surface area (Å²) in [6.07, 6.45) is 3.68. The molecule has 0 aliphatic rings. The molecule has 0 saturated heterocycles. The van der Waals surface area contributed by atoms with E-state index in [9.17, 15) is 0 Å². The number of thiazole rings is 1. The van der Waals surface area contributed by atoms with Crippen molar-refractivity contribution < 1.29 is 4.84 Å². The molecule has 0 bridgehead atoms. The zero-order valence-corrected chi connectivity index (χ0v) is 17.7. The average Bonchev–Trinajstić information content (AvgIpc) is 3.27. The normalized spacial score (nSPS) is 11.5. The van der Waals surface area contributed by atoms with Crippen molar-refractivity contribution in [3.05, 3.63) is 87.0 Å². The van der Waals surface area contributed by atoms with E-state index in [1.807, 2.05) is 40.2 Å². The SMILES string of the molecule is Clc1ccc(CO/N=C\c2c(SCc3ccccc3)nc3sccn23)c(Cl)c1. The van der Waals surface area contributed by atoms with Gasteiger partial charge in [0.1, 0.15) is 17.3 Å². The van der Waals surface area contributed by atoms with E-state index < -0.39 is 0 Å².